The Bertz CT molecular complexity index is 953. The molecule has 0 bridgehead atoms. The second-order valence-corrected chi connectivity index (χ2v) is 8.23. The molecular weight excluding hydrogens is 366 g/mol. The number of sulfonamides is 1. The molecule has 0 saturated carbocycles. The fourth-order valence-electron chi connectivity index (χ4n) is 2.41. The quantitative estimate of drug-likeness (QED) is 0.793. The Balaban J connectivity index is 2.07. The highest BCUT2D eigenvalue weighted by molar-refractivity contribution is 7.92. The summed E-state index contributed by atoms with van der Waals surface area (Å²) in [6, 6.07) is 12.1. The third kappa shape index (κ3) is 6.10. The molecule has 0 aromatic heterocycles. The van der Waals surface area contributed by atoms with E-state index in [2.05, 4.69) is 10.0 Å². The van der Waals surface area contributed by atoms with Gasteiger partial charge in [0.1, 0.15) is 0 Å². The summed E-state index contributed by atoms with van der Waals surface area (Å²) in [7, 11) is -1.94. The fraction of sp³-hybridized carbons (Fsp3) is 0.263. The first-order chi connectivity index (χ1) is 12.5. The van der Waals surface area contributed by atoms with Crippen LogP contribution in [0.2, 0.25) is 0 Å². The number of carbonyl (C=O) groups is 2. The van der Waals surface area contributed by atoms with Crippen LogP contribution in [0, 0.1) is 13.8 Å². The molecule has 0 saturated heterocycles. The molecule has 2 aromatic carbocycles. The lowest BCUT2D eigenvalue weighted by atomic mass is 10.1. The average Bonchev–Trinajstić information content (AvgIpc) is 2.57. The molecule has 2 rings (SSSR count). The maximum absolute atomic E-state index is 12.6. The molecule has 0 aliphatic carbocycles. The van der Waals surface area contributed by atoms with Crippen molar-refractivity contribution in [1.82, 2.24) is 4.90 Å². The largest absolute Gasteiger partial charge is 0.332 e. The van der Waals surface area contributed by atoms with Crippen LogP contribution in [-0.4, -0.2) is 45.0 Å². The lowest BCUT2D eigenvalue weighted by molar-refractivity contribution is -0.116. The molecule has 8 heteroatoms. The van der Waals surface area contributed by atoms with Crippen molar-refractivity contribution >= 4 is 33.2 Å². The molecule has 2 aromatic rings. The highest BCUT2D eigenvalue weighted by atomic mass is 32.2. The monoisotopic (exact) mass is 389 g/mol. The zero-order valence-electron chi connectivity index (χ0n) is 15.7. The number of nitrogens with one attached hydrogen (secondary N) is 2. The maximum atomic E-state index is 12.6. The SMILES string of the molecule is Cc1ccc(NC(=O)CN(C)C(=O)c2ccc(C)c(NS(C)(=O)=O)c2)cc1. The Hall–Kier alpha value is -2.87. The van der Waals surface area contributed by atoms with Gasteiger partial charge in [-0.05, 0) is 43.7 Å². The summed E-state index contributed by atoms with van der Waals surface area (Å²) < 4.78 is 25.3. The van der Waals surface area contributed by atoms with Crippen LogP contribution in [0.1, 0.15) is 21.5 Å². The summed E-state index contributed by atoms with van der Waals surface area (Å²) in [4.78, 5) is 26.0. The smallest absolute Gasteiger partial charge is 0.254 e. The highest BCUT2D eigenvalue weighted by Crippen LogP contribution is 2.19. The Labute approximate surface area is 159 Å². The van der Waals surface area contributed by atoms with Crippen LogP contribution in [-0.2, 0) is 14.8 Å². The second-order valence-electron chi connectivity index (χ2n) is 6.48. The normalized spacial score (nSPS) is 11.0. The van der Waals surface area contributed by atoms with Crippen molar-refractivity contribution in [3.8, 4) is 0 Å². The molecule has 2 N–H and O–H groups in total. The topological polar surface area (TPSA) is 95.6 Å². The minimum atomic E-state index is -3.46. The van der Waals surface area contributed by atoms with E-state index in [-0.39, 0.29) is 23.9 Å². The number of anilines is 2. The van der Waals surface area contributed by atoms with E-state index < -0.39 is 10.0 Å². The van der Waals surface area contributed by atoms with E-state index in [1.807, 2.05) is 19.1 Å². The van der Waals surface area contributed by atoms with Gasteiger partial charge in [-0.25, -0.2) is 8.42 Å². The van der Waals surface area contributed by atoms with Crippen LogP contribution < -0.4 is 10.0 Å². The van der Waals surface area contributed by atoms with Crippen molar-refractivity contribution in [2.24, 2.45) is 0 Å². The summed E-state index contributed by atoms with van der Waals surface area (Å²) >= 11 is 0. The fourth-order valence-corrected chi connectivity index (χ4v) is 3.03. The number of amides is 2. The van der Waals surface area contributed by atoms with Gasteiger partial charge < -0.3 is 10.2 Å². The van der Waals surface area contributed by atoms with Gasteiger partial charge in [-0.3, -0.25) is 14.3 Å². The predicted octanol–water partition coefficient (Wildman–Crippen LogP) is 2.39. The summed E-state index contributed by atoms with van der Waals surface area (Å²) in [6.07, 6.45) is 1.04. The minimum Gasteiger partial charge on any atom is -0.332 e. The van der Waals surface area contributed by atoms with Crippen molar-refractivity contribution in [3.05, 3.63) is 59.2 Å². The number of aryl methyl sites for hydroxylation is 2. The third-order valence-corrected chi connectivity index (χ3v) is 4.43. The van der Waals surface area contributed by atoms with Gasteiger partial charge in [0, 0.05) is 18.3 Å². The summed E-state index contributed by atoms with van der Waals surface area (Å²) in [5.74, 6) is -0.707. The van der Waals surface area contributed by atoms with E-state index in [1.165, 1.54) is 18.0 Å². The number of rotatable bonds is 6. The van der Waals surface area contributed by atoms with Crippen LogP contribution in [0.4, 0.5) is 11.4 Å². The van der Waals surface area contributed by atoms with E-state index in [0.717, 1.165) is 11.8 Å². The molecule has 0 radical (unpaired) electrons. The van der Waals surface area contributed by atoms with Gasteiger partial charge in [0.25, 0.3) is 5.91 Å². The summed E-state index contributed by atoms with van der Waals surface area (Å²) in [5, 5.41) is 2.73. The maximum Gasteiger partial charge on any atom is 0.254 e. The number of likely N-dealkylation sites (N-methyl/N-ethyl adjacent to an activating group) is 1. The first-order valence-electron chi connectivity index (χ1n) is 8.25. The Kier molecular flexibility index (Phi) is 6.22. The Morgan fingerprint density at radius 2 is 1.67 bits per heavy atom. The predicted molar refractivity (Wildman–Crippen MR) is 106 cm³/mol. The number of benzene rings is 2. The van der Waals surface area contributed by atoms with E-state index in [1.54, 1.807) is 31.2 Å². The average molecular weight is 389 g/mol. The standard InChI is InChI=1S/C19H23N3O4S/c1-13-5-9-16(10-6-13)20-18(23)12-22(3)19(24)15-8-7-14(2)17(11-15)21-27(4,25)26/h5-11,21H,12H2,1-4H3,(H,20,23). The first-order valence-corrected chi connectivity index (χ1v) is 10.1. The number of hydrogen-bond acceptors (Lipinski definition) is 4. The van der Waals surface area contributed by atoms with Gasteiger partial charge in [0.05, 0.1) is 18.5 Å². The highest BCUT2D eigenvalue weighted by Gasteiger charge is 2.17. The van der Waals surface area contributed by atoms with Crippen LogP contribution in [0.5, 0.6) is 0 Å². The van der Waals surface area contributed by atoms with E-state index in [4.69, 9.17) is 0 Å². The number of carbonyl (C=O) groups excluding carboxylic acids is 2. The van der Waals surface area contributed by atoms with Gasteiger partial charge in [-0.1, -0.05) is 23.8 Å². The second kappa shape index (κ2) is 8.22. The molecule has 144 valence electrons. The van der Waals surface area contributed by atoms with Crippen LogP contribution in [0.25, 0.3) is 0 Å². The van der Waals surface area contributed by atoms with Gasteiger partial charge in [0.2, 0.25) is 15.9 Å². The summed E-state index contributed by atoms with van der Waals surface area (Å²) in [5.41, 5.74) is 3.05. The molecule has 0 unspecified atom stereocenters. The first kappa shape index (κ1) is 20.4. The molecule has 2 amide bonds. The summed E-state index contributed by atoms with van der Waals surface area (Å²) in [6.45, 7) is 3.56. The third-order valence-electron chi connectivity index (χ3n) is 3.84. The molecule has 0 fully saturated rings. The minimum absolute atomic E-state index is 0.130. The molecule has 0 aliphatic heterocycles. The van der Waals surface area contributed by atoms with E-state index in [9.17, 15) is 18.0 Å². The number of nitrogens with zero attached hydrogens (tertiary/aromatic N) is 1. The molecule has 7 nitrogen and oxygen atoms in total. The van der Waals surface area contributed by atoms with Crippen molar-refractivity contribution in [3.63, 3.8) is 0 Å². The zero-order chi connectivity index (χ0) is 20.2. The van der Waals surface area contributed by atoms with Crippen molar-refractivity contribution in [2.75, 3.05) is 29.9 Å². The van der Waals surface area contributed by atoms with Crippen LogP contribution >= 0.6 is 0 Å². The lowest BCUT2D eigenvalue weighted by Crippen LogP contribution is -2.35. The van der Waals surface area contributed by atoms with Crippen molar-refractivity contribution in [2.45, 2.75) is 13.8 Å². The molecular formula is C19H23N3O4S. The van der Waals surface area contributed by atoms with Crippen molar-refractivity contribution in [1.29, 1.82) is 0 Å². The van der Waals surface area contributed by atoms with E-state index in [0.29, 0.717) is 16.9 Å². The van der Waals surface area contributed by atoms with Gasteiger partial charge >= 0.3 is 0 Å². The molecule has 0 spiro atoms. The van der Waals surface area contributed by atoms with Crippen molar-refractivity contribution < 1.29 is 18.0 Å². The van der Waals surface area contributed by atoms with Crippen LogP contribution in [0.15, 0.2) is 42.5 Å². The number of hydrogen-bond donors (Lipinski definition) is 2. The molecule has 0 aliphatic rings. The van der Waals surface area contributed by atoms with Gasteiger partial charge in [-0.2, -0.15) is 0 Å². The molecule has 27 heavy (non-hydrogen) atoms. The lowest BCUT2D eigenvalue weighted by Gasteiger charge is -2.18. The van der Waals surface area contributed by atoms with Gasteiger partial charge in [0.15, 0.2) is 0 Å². The van der Waals surface area contributed by atoms with E-state index >= 15 is 0 Å². The molecule has 0 atom stereocenters. The Morgan fingerprint density at radius 3 is 2.26 bits per heavy atom. The molecule has 0 heterocycles. The van der Waals surface area contributed by atoms with Gasteiger partial charge in [-0.15, -0.1) is 0 Å². The Morgan fingerprint density at radius 1 is 1.04 bits per heavy atom. The zero-order valence-corrected chi connectivity index (χ0v) is 16.6. The van der Waals surface area contributed by atoms with Crippen LogP contribution in [0.3, 0.4) is 0 Å².